The van der Waals surface area contributed by atoms with Crippen LogP contribution in [-0.4, -0.2) is 16.9 Å². The number of aromatic nitrogens is 1. The third kappa shape index (κ3) is 3.30. The quantitative estimate of drug-likeness (QED) is 0.671. The first-order chi connectivity index (χ1) is 12.4. The van der Waals surface area contributed by atoms with E-state index in [4.69, 9.17) is 5.73 Å². The lowest BCUT2D eigenvalue weighted by molar-refractivity contribution is 0.101. The van der Waals surface area contributed by atoms with Crippen molar-refractivity contribution in [2.24, 2.45) is 5.73 Å². The maximum Gasteiger partial charge on any atom is 0.159 e. The highest BCUT2D eigenvalue weighted by Gasteiger charge is 2.17. The lowest BCUT2D eigenvalue weighted by atomic mass is 10.00. The predicted molar refractivity (Wildman–Crippen MR) is 100 cm³/mol. The Hall–Kier alpha value is -2.79. The van der Waals surface area contributed by atoms with Crippen molar-refractivity contribution in [2.75, 3.05) is 6.54 Å². The number of hydrogen-bond donors (Lipinski definition) is 1. The van der Waals surface area contributed by atoms with Crippen molar-refractivity contribution in [1.29, 1.82) is 0 Å². The summed E-state index contributed by atoms with van der Waals surface area (Å²) >= 11 is 0. The molecule has 3 aromatic rings. The van der Waals surface area contributed by atoms with Gasteiger partial charge in [-0.15, -0.1) is 0 Å². The molecule has 0 bridgehead atoms. The summed E-state index contributed by atoms with van der Waals surface area (Å²) in [5.74, 6) is -0.693. The van der Waals surface area contributed by atoms with E-state index >= 15 is 0 Å². The lowest BCUT2D eigenvalue weighted by Crippen LogP contribution is -2.03. The van der Waals surface area contributed by atoms with Gasteiger partial charge in [0.15, 0.2) is 5.78 Å². The van der Waals surface area contributed by atoms with Crippen molar-refractivity contribution < 1.29 is 13.6 Å². The Morgan fingerprint density at radius 1 is 1.19 bits per heavy atom. The minimum Gasteiger partial charge on any atom is -0.337 e. The van der Waals surface area contributed by atoms with E-state index in [1.54, 1.807) is 18.2 Å². The molecule has 134 valence electrons. The van der Waals surface area contributed by atoms with Gasteiger partial charge in [0, 0.05) is 34.3 Å². The molecular formula is C21H20F2N2O. The SMILES string of the molecule is CC(=O)c1ccc2c(c1)c(-c1ccc(F)cc1)c(C)n2C/C(F)=C/CN. The van der Waals surface area contributed by atoms with Crippen LogP contribution in [-0.2, 0) is 6.54 Å². The molecule has 0 radical (unpaired) electrons. The fraction of sp³-hybridized carbons (Fsp3) is 0.190. The van der Waals surface area contributed by atoms with E-state index < -0.39 is 0 Å². The Balaban J connectivity index is 2.28. The molecule has 0 saturated heterocycles. The third-order valence-electron chi connectivity index (χ3n) is 4.51. The van der Waals surface area contributed by atoms with Gasteiger partial charge in [-0.2, -0.15) is 0 Å². The second-order valence-electron chi connectivity index (χ2n) is 6.23. The van der Waals surface area contributed by atoms with E-state index in [1.807, 2.05) is 23.6 Å². The number of benzene rings is 2. The summed E-state index contributed by atoms with van der Waals surface area (Å²) in [5, 5.41) is 0.836. The number of hydrogen-bond acceptors (Lipinski definition) is 2. The monoisotopic (exact) mass is 354 g/mol. The number of carbonyl (C=O) groups is 1. The average Bonchev–Trinajstić information content (AvgIpc) is 2.87. The summed E-state index contributed by atoms with van der Waals surface area (Å²) in [4.78, 5) is 11.8. The second kappa shape index (κ2) is 7.22. The van der Waals surface area contributed by atoms with Crippen molar-refractivity contribution in [3.05, 3.63) is 71.4 Å². The zero-order valence-electron chi connectivity index (χ0n) is 14.7. The van der Waals surface area contributed by atoms with Gasteiger partial charge < -0.3 is 10.3 Å². The number of carbonyl (C=O) groups excluding carboxylic acids is 1. The normalized spacial score (nSPS) is 12.0. The lowest BCUT2D eigenvalue weighted by Gasteiger charge is -2.08. The van der Waals surface area contributed by atoms with Crippen LogP contribution >= 0.6 is 0 Å². The minimum atomic E-state index is -0.325. The molecule has 0 atom stereocenters. The van der Waals surface area contributed by atoms with Gasteiger partial charge in [-0.25, -0.2) is 8.78 Å². The predicted octanol–water partition coefficient (Wildman–Crippen LogP) is 4.77. The van der Waals surface area contributed by atoms with Crippen LogP contribution in [0.5, 0.6) is 0 Å². The van der Waals surface area contributed by atoms with E-state index in [9.17, 15) is 13.6 Å². The summed E-state index contributed by atoms with van der Waals surface area (Å²) < 4.78 is 29.3. The number of ketones is 1. The Labute approximate surface area is 150 Å². The van der Waals surface area contributed by atoms with Gasteiger partial charge in [-0.05, 0) is 55.8 Å². The molecule has 0 amide bonds. The standard InChI is InChI=1S/C21H20F2N2O/c1-13-21(15-3-6-17(22)7-4-15)19-11-16(14(2)26)5-8-20(19)25(13)12-18(23)9-10-24/h3-9,11H,10,12,24H2,1-2H3/b18-9-. The van der Waals surface area contributed by atoms with Crippen LogP contribution in [0.2, 0.25) is 0 Å². The summed E-state index contributed by atoms with van der Waals surface area (Å²) in [5.41, 5.74) is 9.31. The Morgan fingerprint density at radius 3 is 2.50 bits per heavy atom. The second-order valence-corrected chi connectivity index (χ2v) is 6.23. The molecule has 0 aliphatic carbocycles. The molecule has 1 aromatic heterocycles. The highest BCUT2D eigenvalue weighted by Crippen LogP contribution is 2.36. The van der Waals surface area contributed by atoms with Crippen LogP contribution in [0.4, 0.5) is 8.78 Å². The highest BCUT2D eigenvalue weighted by atomic mass is 19.1. The number of nitrogens with zero attached hydrogens (tertiary/aromatic N) is 1. The van der Waals surface area contributed by atoms with Gasteiger partial charge in [0.1, 0.15) is 11.6 Å². The molecule has 0 fully saturated rings. The van der Waals surface area contributed by atoms with Crippen LogP contribution in [0, 0.1) is 12.7 Å². The molecule has 1 heterocycles. The summed E-state index contributed by atoms with van der Waals surface area (Å²) in [6, 6.07) is 11.5. The van der Waals surface area contributed by atoms with Gasteiger partial charge in [0.05, 0.1) is 6.54 Å². The Kier molecular flexibility index (Phi) is 5.00. The molecule has 0 spiro atoms. The largest absolute Gasteiger partial charge is 0.337 e. The number of halogens is 2. The molecule has 0 unspecified atom stereocenters. The summed E-state index contributed by atoms with van der Waals surface area (Å²) in [6.07, 6.45) is 1.34. The topological polar surface area (TPSA) is 48.0 Å². The zero-order chi connectivity index (χ0) is 18.8. The van der Waals surface area contributed by atoms with E-state index in [1.165, 1.54) is 25.1 Å². The molecule has 0 saturated carbocycles. The van der Waals surface area contributed by atoms with Crippen LogP contribution in [0.15, 0.2) is 54.4 Å². The molecule has 26 heavy (non-hydrogen) atoms. The van der Waals surface area contributed by atoms with Crippen LogP contribution in [0.3, 0.4) is 0 Å². The molecule has 0 aliphatic heterocycles. The first-order valence-corrected chi connectivity index (χ1v) is 8.36. The molecule has 2 N–H and O–H groups in total. The molecule has 2 aromatic carbocycles. The fourth-order valence-electron chi connectivity index (χ4n) is 3.23. The van der Waals surface area contributed by atoms with Crippen molar-refractivity contribution in [2.45, 2.75) is 20.4 Å². The number of fused-ring (bicyclic) bond motifs is 1. The first-order valence-electron chi connectivity index (χ1n) is 8.36. The number of Topliss-reactive ketones (excluding diaryl/α,β-unsaturated/α-hetero) is 1. The van der Waals surface area contributed by atoms with Crippen LogP contribution in [0.25, 0.3) is 22.0 Å². The number of rotatable bonds is 5. The Morgan fingerprint density at radius 2 is 1.88 bits per heavy atom. The fourth-order valence-corrected chi connectivity index (χ4v) is 3.23. The number of allylic oxidation sites excluding steroid dienone is 1. The van der Waals surface area contributed by atoms with Gasteiger partial charge in [-0.3, -0.25) is 4.79 Å². The smallest absolute Gasteiger partial charge is 0.159 e. The molecule has 3 nitrogen and oxygen atoms in total. The van der Waals surface area contributed by atoms with E-state index in [-0.39, 0.29) is 30.5 Å². The minimum absolute atomic E-state index is 0.0448. The zero-order valence-corrected chi connectivity index (χ0v) is 14.7. The van der Waals surface area contributed by atoms with Crippen molar-refractivity contribution in [1.82, 2.24) is 4.57 Å². The molecule has 0 aliphatic rings. The maximum absolute atomic E-state index is 14.1. The van der Waals surface area contributed by atoms with Gasteiger partial charge in [-0.1, -0.05) is 12.1 Å². The van der Waals surface area contributed by atoms with Crippen LogP contribution in [0.1, 0.15) is 23.0 Å². The summed E-state index contributed by atoms with van der Waals surface area (Å²) in [7, 11) is 0. The highest BCUT2D eigenvalue weighted by molar-refractivity contribution is 6.03. The first kappa shape index (κ1) is 18.0. The maximum atomic E-state index is 14.1. The van der Waals surface area contributed by atoms with Crippen molar-refractivity contribution in [3.63, 3.8) is 0 Å². The average molecular weight is 354 g/mol. The number of nitrogens with two attached hydrogens (primary N) is 1. The van der Waals surface area contributed by atoms with E-state index in [0.717, 1.165) is 27.7 Å². The van der Waals surface area contributed by atoms with E-state index in [0.29, 0.717) is 5.56 Å². The summed E-state index contributed by atoms with van der Waals surface area (Å²) in [6.45, 7) is 3.58. The van der Waals surface area contributed by atoms with Gasteiger partial charge in [0.2, 0.25) is 0 Å². The molecule has 5 heteroatoms. The van der Waals surface area contributed by atoms with E-state index in [2.05, 4.69) is 0 Å². The molecule has 3 rings (SSSR count). The Bertz CT molecular complexity index is 1000. The van der Waals surface area contributed by atoms with Crippen LogP contribution < -0.4 is 5.73 Å². The van der Waals surface area contributed by atoms with Gasteiger partial charge in [0.25, 0.3) is 0 Å². The molecular weight excluding hydrogens is 334 g/mol. The van der Waals surface area contributed by atoms with Crippen molar-refractivity contribution in [3.8, 4) is 11.1 Å². The van der Waals surface area contributed by atoms with Crippen molar-refractivity contribution >= 4 is 16.7 Å². The third-order valence-corrected chi connectivity index (χ3v) is 4.51. The van der Waals surface area contributed by atoms with Gasteiger partial charge >= 0.3 is 0 Å².